The molecule has 110 valence electrons. The third-order valence-corrected chi connectivity index (χ3v) is 5.09. The minimum absolute atomic E-state index is 0.104. The van der Waals surface area contributed by atoms with E-state index in [1.165, 1.54) is 0 Å². The summed E-state index contributed by atoms with van der Waals surface area (Å²) >= 11 is 0. The van der Waals surface area contributed by atoms with Crippen molar-refractivity contribution in [1.29, 1.82) is 0 Å². The van der Waals surface area contributed by atoms with Gasteiger partial charge in [0.25, 0.3) is 0 Å². The zero-order valence-electron chi connectivity index (χ0n) is 12.3. The normalized spacial score (nSPS) is 34.8. The molecule has 0 radical (unpaired) electrons. The fraction of sp³-hybridized carbons (Fsp3) is 0.933. The number of nitrogens with one attached hydrogen (secondary N) is 1. The Morgan fingerprint density at radius 3 is 2.74 bits per heavy atom. The minimum atomic E-state index is 0.104. The first-order chi connectivity index (χ1) is 9.02. The van der Waals surface area contributed by atoms with Crippen LogP contribution in [0, 0.1) is 17.3 Å². The molecule has 2 fully saturated rings. The molecule has 0 aromatic carbocycles. The summed E-state index contributed by atoms with van der Waals surface area (Å²) in [7, 11) is 0. The summed E-state index contributed by atoms with van der Waals surface area (Å²) in [6, 6.07) is 0.183. The van der Waals surface area contributed by atoms with Gasteiger partial charge in [0.2, 0.25) is 5.91 Å². The van der Waals surface area contributed by atoms with Crippen LogP contribution in [0.3, 0.4) is 0 Å². The number of ether oxygens (including phenoxy) is 1. The van der Waals surface area contributed by atoms with Gasteiger partial charge in [-0.2, -0.15) is 0 Å². The molecule has 1 aliphatic heterocycles. The Balaban J connectivity index is 1.83. The van der Waals surface area contributed by atoms with Crippen LogP contribution in [-0.4, -0.2) is 31.7 Å². The summed E-state index contributed by atoms with van der Waals surface area (Å²) in [4.78, 5) is 12.3. The summed E-state index contributed by atoms with van der Waals surface area (Å²) in [6.07, 6.45) is 5.19. The van der Waals surface area contributed by atoms with E-state index < -0.39 is 0 Å². The van der Waals surface area contributed by atoms with Gasteiger partial charge in [0.15, 0.2) is 0 Å². The van der Waals surface area contributed by atoms with Crippen molar-refractivity contribution in [3.05, 3.63) is 0 Å². The van der Waals surface area contributed by atoms with E-state index in [9.17, 15) is 4.79 Å². The van der Waals surface area contributed by atoms with Gasteiger partial charge in [-0.15, -0.1) is 0 Å². The quantitative estimate of drug-likeness (QED) is 0.818. The van der Waals surface area contributed by atoms with Crippen LogP contribution in [0.1, 0.15) is 46.0 Å². The van der Waals surface area contributed by atoms with Crippen molar-refractivity contribution in [3.63, 3.8) is 0 Å². The maximum absolute atomic E-state index is 12.3. The molecule has 0 aromatic heterocycles. The predicted octanol–water partition coefficient (Wildman–Crippen LogP) is 1.68. The number of carbonyl (C=O) groups excluding carboxylic acids is 1. The second kappa shape index (κ2) is 6.23. The monoisotopic (exact) mass is 268 g/mol. The van der Waals surface area contributed by atoms with Crippen LogP contribution in [0.4, 0.5) is 0 Å². The van der Waals surface area contributed by atoms with E-state index in [0.29, 0.717) is 5.92 Å². The zero-order chi connectivity index (χ0) is 13.9. The minimum Gasteiger partial charge on any atom is -0.381 e. The molecular formula is C15H28N2O2. The van der Waals surface area contributed by atoms with Gasteiger partial charge in [0, 0.05) is 31.7 Å². The van der Waals surface area contributed by atoms with Crippen LogP contribution < -0.4 is 11.1 Å². The van der Waals surface area contributed by atoms with Gasteiger partial charge >= 0.3 is 0 Å². The first-order valence-electron chi connectivity index (χ1n) is 7.63. The molecule has 3 N–H and O–H groups in total. The summed E-state index contributed by atoms with van der Waals surface area (Å²) in [6.45, 7) is 6.76. The third-order valence-electron chi connectivity index (χ3n) is 5.09. The molecule has 2 aliphatic rings. The second-order valence-corrected chi connectivity index (χ2v) is 6.70. The number of nitrogens with two attached hydrogens (primary N) is 1. The molecule has 1 heterocycles. The van der Waals surface area contributed by atoms with Crippen LogP contribution >= 0.6 is 0 Å². The van der Waals surface area contributed by atoms with E-state index in [0.717, 1.165) is 51.9 Å². The van der Waals surface area contributed by atoms with E-state index in [1.807, 2.05) is 0 Å². The van der Waals surface area contributed by atoms with Crippen molar-refractivity contribution in [1.82, 2.24) is 5.32 Å². The van der Waals surface area contributed by atoms with E-state index in [-0.39, 0.29) is 23.3 Å². The third kappa shape index (κ3) is 3.69. The SMILES string of the molecule is CC1C(N)CCCC1C(=O)NCC1(C)CCOCC1. The molecule has 3 atom stereocenters. The summed E-state index contributed by atoms with van der Waals surface area (Å²) < 4.78 is 5.39. The van der Waals surface area contributed by atoms with E-state index in [2.05, 4.69) is 19.2 Å². The Hall–Kier alpha value is -0.610. The lowest BCUT2D eigenvalue weighted by atomic mass is 9.76. The number of hydrogen-bond donors (Lipinski definition) is 2. The highest BCUT2D eigenvalue weighted by atomic mass is 16.5. The maximum Gasteiger partial charge on any atom is 0.223 e. The van der Waals surface area contributed by atoms with Crippen molar-refractivity contribution in [3.8, 4) is 0 Å². The highest BCUT2D eigenvalue weighted by molar-refractivity contribution is 5.79. The Labute approximate surface area is 116 Å². The number of rotatable bonds is 3. The van der Waals surface area contributed by atoms with Crippen molar-refractivity contribution < 1.29 is 9.53 Å². The first-order valence-corrected chi connectivity index (χ1v) is 7.63. The van der Waals surface area contributed by atoms with Crippen molar-refractivity contribution >= 4 is 5.91 Å². The fourth-order valence-corrected chi connectivity index (χ4v) is 3.24. The molecule has 1 amide bonds. The van der Waals surface area contributed by atoms with Gasteiger partial charge in [-0.1, -0.05) is 20.3 Å². The largest absolute Gasteiger partial charge is 0.381 e. The second-order valence-electron chi connectivity index (χ2n) is 6.70. The summed E-state index contributed by atoms with van der Waals surface area (Å²) in [5, 5.41) is 3.16. The number of carbonyl (C=O) groups is 1. The smallest absolute Gasteiger partial charge is 0.223 e. The van der Waals surface area contributed by atoms with Crippen molar-refractivity contribution in [2.45, 2.75) is 52.0 Å². The maximum atomic E-state index is 12.3. The number of hydrogen-bond acceptors (Lipinski definition) is 3. The Morgan fingerprint density at radius 2 is 2.05 bits per heavy atom. The van der Waals surface area contributed by atoms with Crippen LogP contribution in [0.2, 0.25) is 0 Å². The summed E-state index contributed by atoms with van der Waals surface area (Å²) in [5.74, 6) is 0.610. The Bertz CT molecular complexity index is 313. The average Bonchev–Trinajstić information content (AvgIpc) is 2.40. The van der Waals surface area contributed by atoms with E-state index >= 15 is 0 Å². The van der Waals surface area contributed by atoms with Gasteiger partial charge < -0.3 is 15.8 Å². The van der Waals surface area contributed by atoms with Gasteiger partial charge in [0.05, 0.1) is 0 Å². The molecule has 1 aliphatic carbocycles. The highest BCUT2D eigenvalue weighted by Crippen LogP contribution is 2.31. The standard InChI is InChI=1S/C15H28N2O2/c1-11-12(4-3-5-13(11)16)14(18)17-10-15(2)6-8-19-9-7-15/h11-13H,3-10,16H2,1-2H3,(H,17,18). The fourth-order valence-electron chi connectivity index (χ4n) is 3.24. The van der Waals surface area contributed by atoms with Crippen LogP contribution in [0.15, 0.2) is 0 Å². The van der Waals surface area contributed by atoms with E-state index in [1.54, 1.807) is 0 Å². The zero-order valence-corrected chi connectivity index (χ0v) is 12.3. The van der Waals surface area contributed by atoms with Crippen molar-refractivity contribution in [2.75, 3.05) is 19.8 Å². The molecule has 0 spiro atoms. The first kappa shape index (κ1) is 14.8. The molecule has 0 aromatic rings. The molecule has 4 heteroatoms. The van der Waals surface area contributed by atoms with Gasteiger partial charge in [0.1, 0.15) is 0 Å². The lowest BCUT2D eigenvalue weighted by molar-refractivity contribution is -0.128. The molecule has 1 saturated heterocycles. The molecule has 2 rings (SSSR count). The molecule has 3 unspecified atom stereocenters. The number of amides is 1. The van der Waals surface area contributed by atoms with Crippen LogP contribution in [0.25, 0.3) is 0 Å². The van der Waals surface area contributed by atoms with E-state index in [4.69, 9.17) is 10.5 Å². The lowest BCUT2D eigenvalue weighted by Crippen LogP contribution is -2.47. The lowest BCUT2D eigenvalue weighted by Gasteiger charge is -2.36. The van der Waals surface area contributed by atoms with Crippen LogP contribution in [-0.2, 0) is 9.53 Å². The average molecular weight is 268 g/mol. The molecule has 0 bridgehead atoms. The summed E-state index contributed by atoms with van der Waals surface area (Å²) in [5.41, 5.74) is 6.28. The van der Waals surface area contributed by atoms with Crippen LogP contribution in [0.5, 0.6) is 0 Å². The molecule has 4 nitrogen and oxygen atoms in total. The molecular weight excluding hydrogens is 240 g/mol. The highest BCUT2D eigenvalue weighted by Gasteiger charge is 2.34. The Morgan fingerprint density at radius 1 is 1.37 bits per heavy atom. The van der Waals surface area contributed by atoms with Gasteiger partial charge in [-0.25, -0.2) is 0 Å². The molecule has 1 saturated carbocycles. The molecule has 19 heavy (non-hydrogen) atoms. The Kier molecular flexibility index (Phi) is 4.85. The predicted molar refractivity (Wildman–Crippen MR) is 75.7 cm³/mol. The van der Waals surface area contributed by atoms with Gasteiger partial charge in [-0.05, 0) is 37.0 Å². The topological polar surface area (TPSA) is 64.4 Å². The van der Waals surface area contributed by atoms with Crippen molar-refractivity contribution in [2.24, 2.45) is 23.0 Å². The van der Waals surface area contributed by atoms with Gasteiger partial charge in [-0.3, -0.25) is 4.79 Å².